The van der Waals surface area contributed by atoms with Crippen LogP contribution < -0.4 is 14.4 Å². The standard InChI is InChI=1S/C18H23N3O5S/c1-18(2,13-19)21(17(22)23,27(3,24)25)15-11-20-10-9-16(15)26-12-14-7-5-4-6-8-14/h4-11H,12-13,19H2,1-3H3/p+1. The molecule has 1 aromatic carbocycles. The Morgan fingerprint density at radius 2 is 1.89 bits per heavy atom. The Labute approximate surface area is 158 Å². The molecule has 0 radical (unpaired) electrons. The molecule has 146 valence electrons. The summed E-state index contributed by atoms with van der Waals surface area (Å²) in [6, 6.07) is 10.7. The van der Waals surface area contributed by atoms with Gasteiger partial charge in [-0.25, -0.2) is 0 Å². The van der Waals surface area contributed by atoms with E-state index in [4.69, 9.17) is 10.5 Å². The predicted octanol–water partition coefficient (Wildman–Crippen LogP) is 2.34. The molecule has 0 aliphatic carbocycles. The summed E-state index contributed by atoms with van der Waals surface area (Å²) in [7, 11) is -4.22. The zero-order chi connectivity index (χ0) is 20.3. The molecule has 0 spiro atoms. The minimum atomic E-state index is -4.22. The molecule has 1 aromatic heterocycles. The molecule has 27 heavy (non-hydrogen) atoms. The summed E-state index contributed by atoms with van der Waals surface area (Å²) >= 11 is 0. The summed E-state index contributed by atoms with van der Waals surface area (Å²) in [6.07, 6.45) is 1.91. The van der Waals surface area contributed by atoms with Crippen molar-refractivity contribution in [3.05, 3.63) is 54.4 Å². The maximum atomic E-state index is 12.8. The molecule has 0 aliphatic heterocycles. The van der Waals surface area contributed by atoms with Gasteiger partial charge in [0.1, 0.15) is 12.1 Å². The number of hydrogen-bond donors (Lipinski definition) is 2. The Kier molecular flexibility index (Phi) is 5.88. The first-order valence-electron chi connectivity index (χ1n) is 8.22. The van der Waals surface area contributed by atoms with E-state index < -0.39 is 25.5 Å². The van der Waals surface area contributed by atoms with Crippen LogP contribution in [0.3, 0.4) is 0 Å². The predicted molar refractivity (Wildman–Crippen MR) is 103 cm³/mol. The first-order chi connectivity index (χ1) is 12.6. The fourth-order valence-corrected chi connectivity index (χ4v) is 4.80. The summed E-state index contributed by atoms with van der Waals surface area (Å²) in [4.78, 5) is 16.3. The number of aromatic nitrogens is 1. The number of nitrogens with zero attached hydrogens (tertiary/aromatic N) is 2. The number of nitrogens with two attached hydrogens (primary N) is 1. The first-order valence-corrected chi connectivity index (χ1v) is 10.1. The summed E-state index contributed by atoms with van der Waals surface area (Å²) < 4.78 is 29.9. The Morgan fingerprint density at radius 3 is 2.41 bits per heavy atom. The highest BCUT2D eigenvalue weighted by Gasteiger charge is 2.61. The van der Waals surface area contributed by atoms with Crippen molar-refractivity contribution in [3.63, 3.8) is 0 Å². The van der Waals surface area contributed by atoms with Crippen LogP contribution >= 0.6 is 0 Å². The van der Waals surface area contributed by atoms with E-state index in [9.17, 15) is 18.3 Å². The van der Waals surface area contributed by atoms with Crippen LogP contribution in [-0.2, 0) is 16.6 Å². The minimum absolute atomic E-state index is 0.0983. The third-order valence-electron chi connectivity index (χ3n) is 4.46. The largest absolute Gasteiger partial charge is 0.535 e. The molecule has 2 aromatic rings. The summed E-state index contributed by atoms with van der Waals surface area (Å²) in [6.45, 7) is 2.91. The monoisotopic (exact) mass is 394 g/mol. The van der Waals surface area contributed by atoms with Gasteiger partial charge in [0.2, 0.25) is 5.69 Å². The van der Waals surface area contributed by atoms with Crippen LogP contribution in [0, 0.1) is 0 Å². The van der Waals surface area contributed by atoms with E-state index in [0.29, 0.717) is 0 Å². The number of quaternary nitrogens is 1. The summed E-state index contributed by atoms with van der Waals surface area (Å²) in [5.41, 5.74) is 5.15. The van der Waals surface area contributed by atoms with Gasteiger partial charge in [-0.2, -0.15) is 13.2 Å². The third-order valence-corrected chi connectivity index (χ3v) is 6.30. The molecular weight excluding hydrogens is 370 g/mol. The van der Waals surface area contributed by atoms with Gasteiger partial charge in [0, 0.05) is 18.8 Å². The second kappa shape index (κ2) is 7.63. The van der Waals surface area contributed by atoms with Gasteiger partial charge in [-0.3, -0.25) is 4.98 Å². The smallest absolute Gasteiger partial charge is 0.483 e. The maximum Gasteiger partial charge on any atom is 0.535 e. The lowest BCUT2D eigenvalue weighted by Crippen LogP contribution is -2.71. The minimum Gasteiger partial charge on any atom is -0.483 e. The van der Waals surface area contributed by atoms with Gasteiger partial charge in [0.15, 0.2) is 5.75 Å². The van der Waals surface area contributed by atoms with Crippen molar-refractivity contribution in [1.29, 1.82) is 0 Å². The second-order valence-corrected chi connectivity index (χ2v) is 8.77. The van der Waals surface area contributed by atoms with Crippen molar-refractivity contribution in [2.24, 2.45) is 5.73 Å². The van der Waals surface area contributed by atoms with E-state index in [-0.39, 0.29) is 24.6 Å². The number of ether oxygens (including phenoxy) is 1. The number of amides is 1. The molecule has 1 atom stereocenters. The normalized spacial score (nSPS) is 14.4. The number of carboxylic acid groups (broad SMARTS) is 1. The van der Waals surface area contributed by atoms with E-state index in [1.807, 2.05) is 30.3 Å². The van der Waals surface area contributed by atoms with Crippen molar-refractivity contribution in [1.82, 2.24) is 8.87 Å². The van der Waals surface area contributed by atoms with Gasteiger partial charge in [-0.05, 0) is 19.4 Å². The van der Waals surface area contributed by atoms with Crippen molar-refractivity contribution in [3.8, 4) is 5.75 Å². The molecule has 1 amide bonds. The number of carbonyl (C=O) groups is 1. The second-order valence-electron chi connectivity index (χ2n) is 6.76. The maximum absolute atomic E-state index is 12.8. The van der Waals surface area contributed by atoms with Crippen LogP contribution in [0.4, 0.5) is 10.5 Å². The van der Waals surface area contributed by atoms with Crippen molar-refractivity contribution >= 4 is 21.8 Å². The van der Waals surface area contributed by atoms with Gasteiger partial charge < -0.3 is 15.6 Å². The topological polar surface area (TPSA) is 120 Å². The number of pyridine rings is 1. The highest BCUT2D eigenvalue weighted by molar-refractivity contribution is 7.90. The molecule has 0 bridgehead atoms. The molecule has 0 aliphatic rings. The quantitative estimate of drug-likeness (QED) is 0.692. The molecule has 3 N–H and O–H groups in total. The van der Waals surface area contributed by atoms with Gasteiger partial charge in [-0.1, -0.05) is 34.2 Å². The van der Waals surface area contributed by atoms with Crippen molar-refractivity contribution in [2.45, 2.75) is 26.0 Å². The fraction of sp³-hybridized carbons (Fsp3) is 0.333. The van der Waals surface area contributed by atoms with E-state index in [1.54, 1.807) is 0 Å². The molecule has 2 rings (SSSR count). The highest BCUT2D eigenvalue weighted by atomic mass is 32.2. The average molecular weight is 394 g/mol. The van der Waals surface area contributed by atoms with Crippen LogP contribution in [0.2, 0.25) is 0 Å². The summed E-state index contributed by atoms with van der Waals surface area (Å²) in [5, 5.41) is 10.0. The third kappa shape index (κ3) is 3.66. The Balaban J connectivity index is 2.66. The SMILES string of the molecule is CC(C)(CN)[N+](C(=O)O)(c1cnccc1OCc1ccccc1)S(C)(=O)=O. The van der Waals surface area contributed by atoms with E-state index in [0.717, 1.165) is 11.8 Å². The number of rotatable bonds is 7. The molecule has 1 heterocycles. The van der Waals surface area contributed by atoms with Gasteiger partial charge in [-0.15, -0.1) is 0 Å². The van der Waals surface area contributed by atoms with Crippen molar-refractivity contribution < 1.29 is 23.1 Å². The van der Waals surface area contributed by atoms with Crippen LogP contribution in [0.25, 0.3) is 0 Å². The van der Waals surface area contributed by atoms with Crippen molar-refractivity contribution in [2.75, 3.05) is 12.8 Å². The number of hydrogen-bond acceptors (Lipinski definition) is 6. The molecule has 1 unspecified atom stereocenters. The van der Waals surface area contributed by atoms with Crippen LogP contribution in [0.15, 0.2) is 48.8 Å². The summed E-state index contributed by atoms with van der Waals surface area (Å²) in [5.74, 6) is 0.114. The Morgan fingerprint density at radius 1 is 1.26 bits per heavy atom. The Bertz CT molecular complexity index is 916. The number of sulfonamides is 1. The van der Waals surface area contributed by atoms with E-state index in [1.165, 1.54) is 32.3 Å². The zero-order valence-corrected chi connectivity index (χ0v) is 16.3. The lowest BCUT2D eigenvalue weighted by Gasteiger charge is -2.41. The molecule has 9 heteroatoms. The zero-order valence-electron chi connectivity index (χ0n) is 15.5. The van der Waals surface area contributed by atoms with Crippen LogP contribution in [-0.4, -0.2) is 42.9 Å². The van der Waals surface area contributed by atoms with Gasteiger partial charge >= 0.3 is 16.1 Å². The van der Waals surface area contributed by atoms with Gasteiger partial charge in [0.25, 0.3) is 0 Å². The first kappa shape index (κ1) is 20.8. The molecule has 0 saturated heterocycles. The molecule has 8 nitrogen and oxygen atoms in total. The fourth-order valence-electron chi connectivity index (χ4n) is 3.05. The van der Waals surface area contributed by atoms with Crippen LogP contribution in [0.1, 0.15) is 19.4 Å². The van der Waals surface area contributed by atoms with Crippen LogP contribution in [0.5, 0.6) is 5.75 Å². The lowest BCUT2D eigenvalue weighted by atomic mass is 10.0. The van der Waals surface area contributed by atoms with Gasteiger partial charge in [0.05, 0.1) is 12.5 Å². The highest BCUT2D eigenvalue weighted by Crippen LogP contribution is 2.42. The molecule has 0 fully saturated rings. The molecular formula is C18H24N3O5S+. The lowest BCUT2D eigenvalue weighted by molar-refractivity contribution is 0.142. The Hall–Kier alpha value is -2.49. The average Bonchev–Trinajstić information content (AvgIpc) is 2.60. The molecule has 0 saturated carbocycles. The van der Waals surface area contributed by atoms with E-state index in [2.05, 4.69) is 4.98 Å². The van der Waals surface area contributed by atoms with E-state index >= 15 is 0 Å². The number of benzene rings is 1.